The summed E-state index contributed by atoms with van der Waals surface area (Å²) in [4.78, 5) is 64.6. The van der Waals surface area contributed by atoms with Crippen LogP contribution < -0.4 is 9.98 Å². The zero-order valence-electron chi connectivity index (χ0n) is 16.8. The molecule has 1 aromatic carbocycles. The van der Waals surface area contributed by atoms with Crippen molar-refractivity contribution in [1.29, 1.82) is 0 Å². The Morgan fingerprint density at radius 3 is 2.61 bits per heavy atom. The number of aromatic amines is 1. The minimum atomic E-state index is -1.48. The number of rotatable bonds is 4. The highest BCUT2D eigenvalue weighted by Crippen LogP contribution is 2.68. The first-order valence-corrected chi connectivity index (χ1v) is 12.1. The molecule has 0 spiro atoms. The predicted molar refractivity (Wildman–Crippen MR) is 113 cm³/mol. The summed E-state index contributed by atoms with van der Waals surface area (Å²) in [5.41, 5.74) is 0.642. The Labute approximate surface area is 194 Å². The van der Waals surface area contributed by atoms with Crippen LogP contribution in [0.2, 0.25) is 0 Å². The minimum absolute atomic E-state index is 0.0556. The van der Waals surface area contributed by atoms with Gasteiger partial charge in [-0.2, -0.15) is 0 Å². The van der Waals surface area contributed by atoms with Gasteiger partial charge in [-0.1, -0.05) is 23.5 Å². The average molecular weight is 487 g/mol. The second-order valence-corrected chi connectivity index (χ2v) is 11.2. The van der Waals surface area contributed by atoms with Crippen molar-refractivity contribution in [1.82, 2.24) is 9.88 Å². The number of thioether (sulfide) groups is 1. The van der Waals surface area contributed by atoms with Gasteiger partial charge in [-0.25, -0.2) is 0 Å². The van der Waals surface area contributed by atoms with E-state index < -0.39 is 41.1 Å². The summed E-state index contributed by atoms with van der Waals surface area (Å²) < 4.78 is 0. The third-order valence-corrected chi connectivity index (χ3v) is 10.1. The molecular formula is C21H16N3O7S2-. The molecule has 6 rings (SSSR count). The van der Waals surface area contributed by atoms with Gasteiger partial charge in [-0.3, -0.25) is 29.4 Å². The summed E-state index contributed by atoms with van der Waals surface area (Å²) in [6.45, 7) is -0.748. The number of benzene rings is 1. The number of non-ortho nitro benzene ring substituents is 1. The number of nitro groups is 1. The number of fused-ring (bicyclic) bond motifs is 9. The van der Waals surface area contributed by atoms with E-state index in [0.717, 1.165) is 21.1 Å². The van der Waals surface area contributed by atoms with Crippen LogP contribution in [0.4, 0.5) is 5.69 Å². The van der Waals surface area contributed by atoms with E-state index in [-0.39, 0.29) is 39.5 Å². The van der Waals surface area contributed by atoms with E-state index in [1.54, 1.807) is 12.1 Å². The number of likely N-dealkylation sites (tertiary alicyclic amines) is 1. The van der Waals surface area contributed by atoms with Crippen molar-refractivity contribution < 1.29 is 24.4 Å². The van der Waals surface area contributed by atoms with Crippen molar-refractivity contribution in [3.05, 3.63) is 54.5 Å². The van der Waals surface area contributed by atoms with Crippen molar-refractivity contribution in [2.24, 2.45) is 29.6 Å². The van der Waals surface area contributed by atoms with Crippen LogP contribution in [-0.4, -0.2) is 44.4 Å². The van der Waals surface area contributed by atoms with Crippen LogP contribution in [0, 0.1) is 39.7 Å². The smallest absolute Gasteiger partial charge is 0.305 e. The molecule has 2 saturated carbocycles. The minimum Gasteiger partial charge on any atom is -0.548 e. The lowest BCUT2D eigenvalue weighted by Crippen LogP contribution is -2.42. The molecule has 1 N–H and O–H groups in total. The first-order valence-electron chi connectivity index (χ1n) is 10.5. The molecule has 1 aromatic heterocycles. The third kappa shape index (κ3) is 2.80. The van der Waals surface area contributed by atoms with Crippen LogP contribution in [-0.2, 0) is 14.4 Å². The van der Waals surface area contributed by atoms with Gasteiger partial charge in [-0.15, -0.1) is 11.8 Å². The summed E-state index contributed by atoms with van der Waals surface area (Å²) in [5, 5.41) is 23.2. The van der Waals surface area contributed by atoms with Gasteiger partial charge in [0.1, 0.15) is 0 Å². The molecule has 2 amide bonds. The molecule has 1 saturated heterocycles. The molecular weight excluding hydrogens is 470 g/mol. The van der Waals surface area contributed by atoms with Crippen molar-refractivity contribution in [3.63, 3.8) is 0 Å². The number of hydrogen-bond acceptors (Lipinski definition) is 9. The van der Waals surface area contributed by atoms with Crippen molar-refractivity contribution in [3.8, 4) is 0 Å². The Bertz CT molecular complexity index is 1300. The molecule has 3 fully saturated rings. The monoisotopic (exact) mass is 486 g/mol. The van der Waals surface area contributed by atoms with E-state index in [1.165, 1.54) is 23.9 Å². The van der Waals surface area contributed by atoms with E-state index in [1.807, 2.05) is 0 Å². The van der Waals surface area contributed by atoms with E-state index in [2.05, 4.69) is 4.98 Å². The number of thiazole rings is 1. The molecule has 33 heavy (non-hydrogen) atoms. The van der Waals surface area contributed by atoms with Gasteiger partial charge >= 0.3 is 4.87 Å². The van der Waals surface area contributed by atoms with E-state index >= 15 is 0 Å². The maximum atomic E-state index is 13.1. The fourth-order valence-electron chi connectivity index (χ4n) is 6.57. The van der Waals surface area contributed by atoms with E-state index in [0.29, 0.717) is 17.0 Å². The molecule has 4 aliphatic rings. The van der Waals surface area contributed by atoms with Crippen molar-refractivity contribution in [2.75, 3.05) is 6.54 Å². The van der Waals surface area contributed by atoms with E-state index in [4.69, 9.17) is 0 Å². The highest BCUT2D eigenvalue weighted by Gasteiger charge is 2.69. The number of carboxylic acids is 1. The Balaban J connectivity index is 1.46. The van der Waals surface area contributed by atoms with Crippen LogP contribution in [0.25, 0.3) is 0 Å². The van der Waals surface area contributed by atoms with Gasteiger partial charge in [0.15, 0.2) is 0 Å². The molecule has 7 unspecified atom stereocenters. The first-order chi connectivity index (χ1) is 15.8. The van der Waals surface area contributed by atoms with Crippen LogP contribution in [0.1, 0.15) is 22.8 Å². The molecule has 12 heteroatoms. The number of amides is 2. The van der Waals surface area contributed by atoms with Gasteiger partial charge < -0.3 is 14.9 Å². The molecule has 2 aliphatic heterocycles. The Morgan fingerprint density at radius 2 is 1.91 bits per heavy atom. The largest absolute Gasteiger partial charge is 0.548 e. The number of carbonyl (C=O) groups is 3. The summed E-state index contributed by atoms with van der Waals surface area (Å²) in [7, 11) is 0. The fourth-order valence-corrected chi connectivity index (χ4v) is 9.46. The van der Waals surface area contributed by atoms with Crippen LogP contribution in [0.5, 0.6) is 0 Å². The zero-order valence-corrected chi connectivity index (χ0v) is 18.5. The van der Waals surface area contributed by atoms with Crippen LogP contribution in [0.15, 0.2) is 34.1 Å². The Morgan fingerprint density at radius 1 is 1.18 bits per heavy atom. The zero-order chi connectivity index (χ0) is 23.2. The third-order valence-electron chi connectivity index (χ3n) is 7.54. The molecule has 2 bridgehead atoms. The van der Waals surface area contributed by atoms with Gasteiger partial charge in [0.2, 0.25) is 11.8 Å². The lowest BCUT2D eigenvalue weighted by Gasteiger charge is -2.43. The number of aliphatic carboxylic acids is 1. The number of hydrogen-bond donors (Lipinski definition) is 1. The lowest BCUT2D eigenvalue weighted by molar-refractivity contribution is -0.384. The number of imide groups is 1. The number of carbonyl (C=O) groups excluding carboxylic acids is 3. The second-order valence-electron chi connectivity index (χ2n) is 8.95. The fraction of sp³-hybridized carbons (Fsp3) is 0.429. The van der Waals surface area contributed by atoms with Gasteiger partial charge in [0, 0.05) is 28.2 Å². The van der Waals surface area contributed by atoms with Gasteiger partial charge in [0.25, 0.3) is 5.69 Å². The van der Waals surface area contributed by atoms with Crippen molar-refractivity contribution in [2.45, 2.75) is 22.6 Å². The highest BCUT2D eigenvalue weighted by atomic mass is 32.2. The predicted octanol–water partition coefficient (Wildman–Crippen LogP) is 0.568. The average Bonchev–Trinajstić information content (AvgIpc) is 3.49. The number of nitro benzene ring substituents is 1. The Kier molecular flexibility index (Phi) is 4.37. The normalized spacial score (nSPS) is 33.7. The number of H-pyrrole nitrogens is 1. The highest BCUT2D eigenvalue weighted by molar-refractivity contribution is 8.00. The standard InChI is InChI=1S/C21H17N3O7S2/c25-11(26)6-23-19(27)14-9-5-10(15(14)20(23)28)16-13(9)12(17-18(32-16)22-21(29)33-17)7-2-1-3-8(4-7)24(30)31/h1-4,9-10,12-16H,5-6H2,(H,22,29)(H,25,26)/p-1. The van der Waals surface area contributed by atoms with Crippen molar-refractivity contribution >= 4 is 46.6 Å². The maximum Gasteiger partial charge on any atom is 0.305 e. The second kappa shape index (κ2) is 7.00. The summed E-state index contributed by atoms with van der Waals surface area (Å²) in [6, 6.07) is 6.33. The quantitative estimate of drug-likeness (QED) is 0.374. The molecule has 2 aromatic rings. The molecule has 2 aliphatic carbocycles. The lowest BCUT2D eigenvalue weighted by atomic mass is 9.68. The summed E-state index contributed by atoms with van der Waals surface area (Å²) in [6.07, 6.45) is 0.652. The maximum absolute atomic E-state index is 13.1. The number of nitrogens with zero attached hydrogens (tertiary/aromatic N) is 2. The Hall–Kier alpha value is -2.99. The molecule has 170 valence electrons. The molecule has 7 atom stereocenters. The summed E-state index contributed by atoms with van der Waals surface area (Å²) >= 11 is 2.57. The molecule has 10 nitrogen and oxygen atoms in total. The topological polar surface area (TPSA) is 154 Å². The number of carboxylic acid groups (broad SMARTS) is 1. The summed E-state index contributed by atoms with van der Waals surface area (Å²) in [5.74, 6) is -4.37. The van der Waals surface area contributed by atoms with Gasteiger partial charge in [0.05, 0.1) is 34.3 Å². The van der Waals surface area contributed by atoms with Gasteiger partial charge in [-0.05, 0) is 29.7 Å². The molecule has 3 heterocycles. The number of aromatic nitrogens is 1. The molecule has 0 radical (unpaired) electrons. The van der Waals surface area contributed by atoms with E-state index in [9.17, 15) is 34.4 Å². The SMILES string of the molecule is O=C([O-])CN1C(=O)C2C3CC(C2C1=O)C1C(c2cccc([N+](=O)[O-])c2)c2sc(=O)[nH]c2SC31. The first kappa shape index (κ1) is 20.6. The van der Waals surface area contributed by atoms with Crippen LogP contribution >= 0.6 is 23.1 Å². The number of nitrogens with one attached hydrogen (secondary N) is 1. The van der Waals surface area contributed by atoms with Crippen LogP contribution in [0.3, 0.4) is 0 Å².